The summed E-state index contributed by atoms with van der Waals surface area (Å²) in [6.07, 6.45) is 3.68. The van der Waals surface area contributed by atoms with Crippen LogP contribution < -0.4 is 10.6 Å². The summed E-state index contributed by atoms with van der Waals surface area (Å²) >= 11 is 3.18. The van der Waals surface area contributed by atoms with E-state index in [1.165, 1.54) is 0 Å². The first-order valence-corrected chi connectivity index (χ1v) is 6.94. The number of rotatable bonds is 2. The first-order chi connectivity index (χ1) is 9.58. The third-order valence-electron chi connectivity index (χ3n) is 3.44. The van der Waals surface area contributed by atoms with Crippen molar-refractivity contribution in [3.05, 3.63) is 46.2 Å². The van der Waals surface area contributed by atoms with Crippen molar-refractivity contribution < 1.29 is 4.39 Å². The van der Waals surface area contributed by atoms with Crippen molar-refractivity contribution >= 4 is 27.5 Å². The van der Waals surface area contributed by atoms with Gasteiger partial charge in [0.1, 0.15) is 11.7 Å². The summed E-state index contributed by atoms with van der Waals surface area (Å²) in [5.41, 5.74) is 6.28. The first kappa shape index (κ1) is 13.1. The number of nitrogens with one attached hydrogen (secondary N) is 1. The van der Waals surface area contributed by atoms with Crippen LogP contribution in [0.3, 0.4) is 0 Å². The van der Waals surface area contributed by atoms with Crippen LogP contribution in [0.15, 0.2) is 29.0 Å². The molecule has 1 aromatic carbocycles. The van der Waals surface area contributed by atoms with Gasteiger partial charge >= 0.3 is 0 Å². The van der Waals surface area contributed by atoms with Crippen molar-refractivity contribution in [2.45, 2.75) is 13.1 Å². The number of nitrogens with zero attached hydrogens (tertiary/aromatic N) is 3. The molecule has 1 aromatic heterocycles. The second-order valence-electron chi connectivity index (χ2n) is 4.63. The number of fused-ring (bicyclic) bond motifs is 1. The predicted octanol–water partition coefficient (Wildman–Crippen LogP) is 2.09. The number of nitrogens with two attached hydrogens (primary N) is 1. The molecule has 1 aliphatic heterocycles. The van der Waals surface area contributed by atoms with E-state index in [2.05, 4.69) is 25.5 Å². The molecule has 20 heavy (non-hydrogen) atoms. The molecule has 1 aliphatic rings. The third kappa shape index (κ3) is 2.07. The normalized spacial score (nSPS) is 14.2. The largest absolute Gasteiger partial charge is 0.384 e. The van der Waals surface area contributed by atoms with Crippen molar-refractivity contribution in [1.29, 1.82) is 5.41 Å². The minimum absolute atomic E-state index is 0.156. The molecule has 104 valence electrons. The Morgan fingerprint density at radius 2 is 2.20 bits per heavy atom. The molecule has 0 aliphatic carbocycles. The molecule has 0 spiro atoms. The maximum absolute atomic E-state index is 14.4. The van der Waals surface area contributed by atoms with E-state index in [0.29, 0.717) is 24.3 Å². The summed E-state index contributed by atoms with van der Waals surface area (Å²) in [6, 6.07) is 3.32. The molecule has 0 bridgehead atoms. The monoisotopic (exact) mass is 337 g/mol. The van der Waals surface area contributed by atoms with Gasteiger partial charge in [0.25, 0.3) is 0 Å². The van der Waals surface area contributed by atoms with E-state index < -0.39 is 5.82 Å². The minimum atomic E-state index is -0.391. The Balaban J connectivity index is 1.96. The van der Waals surface area contributed by atoms with Crippen LogP contribution in [0.2, 0.25) is 0 Å². The van der Waals surface area contributed by atoms with E-state index in [0.717, 1.165) is 12.4 Å². The van der Waals surface area contributed by atoms with E-state index in [-0.39, 0.29) is 10.3 Å². The summed E-state index contributed by atoms with van der Waals surface area (Å²) in [7, 11) is 0. The number of anilines is 1. The summed E-state index contributed by atoms with van der Waals surface area (Å²) in [5.74, 6) is 0.372. The molecule has 2 heterocycles. The summed E-state index contributed by atoms with van der Waals surface area (Å²) in [6.45, 7) is 2.06. The van der Waals surface area contributed by atoms with Crippen LogP contribution in [0, 0.1) is 11.2 Å². The molecule has 7 heteroatoms. The average molecular weight is 338 g/mol. The van der Waals surface area contributed by atoms with Gasteiger partial charge in [-0.1, -0.05) is 0 Å². The van der Waals surface area contributed by atoms with E-state index in [4.69, 9.17) is 11.1 Å². The maximum Gasteiger partial charge on any atom is 0.161 e. The highest BCUT2D eigenvalue weighted by Gasteiger charge is 2.22. The molecule has 0 unspecified atom stereocenters. The number of hydrogen-bond donors (Lipinski definition) is 2. The number of hydrogen-bond acceptors (Lipinski definition) is 3. The third-order valence-corrected chi connectivity index (χ3v) is 4.21. The molecular formula is C13H13BrFN5. The lowest BCUT2D eigenvalue weighted by molar-refractivity contribution is 0.542. The topological polar surface area (TPSA) is 70.9 Å². The molecular weight excluding hydrogens is 325 g/mol. The van der Waals surface area contributed by atoms with Crippen LogP contribution in [0.25, 0.3) is 0 Å². The van der Waals surface area contributed by atoms with Gasteiger partial charge in [0.2, 0.25) is 0 Å². The molecule has 5 nitrogen and oxygen atoms in total. The summed E-state index contributed by atoms with van der Waals surface area (Å²) in [4.78, 5) is 6.20. The first-order valence-electron chi connectivity index (χ1n) is 6.15. The lowest BCUT2D eigenvalue weighted by atomic mass is 10.1. The average Bonchev–Trinajstić information content (AvgIpc) is 2.88. The molecule has 0 fully saturated rings. The second kappa shape index (κ2) is 4.90. The van der Waals surface area contributed by atoms with Gasteiger partial charge in [0.05, 0.1) is 16.7 Å². The van der Waals surface area contributed by atoms with Gasteiger partial charge in [0, 0.05) is 31.0 Å². The van der Waals surface area contributed by atoms with Gasteiger partial charge in [-0.25, -0.2) is 9.37 Å². The highest BCUT2D eigenvalue weighted by Crippen LogP contribution is 2.31. The number of benzene rings is 1. The fraction of sp³-hybridized carbons (Fsp3) is 0.231. The number of nitrogen functional groups attached to an aromatic ring is 1. The molecule has 0 saturated heterocycles. The van der Waals surface area contributed by atoms with Gasteiger partial charge in [0.15, 0.2) is 5.82 Å². The molecule has 0 saturated carbocycles. The van der Waals surface area contributed by atoms with Crippen LogP contribution in [0.4, 0.5) is 10.1 Å². The zero-order valence-electron chi connectivity index (χ0n) is 10.6. The molecule has 2 aromatic rings. The minimum Gasteiger partial charge on any atom is -0.384 e. The van der Waals surface area contributed by atoms with Crippen LogP contribution in [0.5, 0.6) is 0 Å². The van der Waals surface area contributed by atoms with Crippen molar-refractivity contribution in [2.24, 2.45) is 5.73 Å². The van der Waals surface area contributed by atoms with Gasteiger partial charge in [-0.15, -0.1) is 0 Å². The molecule has 3 rings (SSSR count). The Hall–Kier alpha value is -1.89. The van der Waals surface area contributed by atoms with Gasteiger partial charge in [-0.2, -0.15) is 0 Å². The highest BCUT2D eigenvalue weighted by molar-refractivity contribution is 9.10. The molecule has 0 radical (unpaired) electrons. The summed E-state index contributed by atoms with van der Waals surface area (Å²) < 4.78 is 16.7. The van der Waals surface area contributed by atoms with Gasteiger partial charge in [-0.05, 0) is 28.1 Å². The molecule has 0 amide bonds. The zero-order valence-corrected chi connectivity index (χ0v) is 12.2. The van der Waals surface area contributed by atoms with Gasteiger partial charge < -0.3 is 15.2 Å². The Morgan fingerprint density at radius 3 is 2.95 bits per heavy atom. The van der Waals surface area contributed by atoms with Crippen molar-refractivity contribution in [3.63, 3.8) is 0 Å². The zero-order chi connectivity index (χ0) is 14.3. The van der Waals surface area contributed by atoms with Crippen LogP contribution in [0.1, 0.15) is 11.4 Å². The van der Waals surface area contributed by atoms with Crippen molar-refractivity contribution in [3.8, 4) is 0 Å². The molecule has 0 atom stereocenters. The Bertz CT molecular complexity index is 681. The van der Waals surface area contributed by atoms with E-state index in [9.17, 15) is 4.39 Å². The smallest absolute Gasteiger partial charge is 0.161 e. The SMILES string of the molecule is N=C(N)c1ccc(N2CCn3ccnc3C2)c(F)c1Br. The van der Waals surface area contributed by atoms with Crippen LogP contribution in [-0.4, -0.2) is 21.9 Å². The number of amidine groups is 1. The van der Waals surface area contributed by atoms with Crippen molar-refractivity contribution in [1.82, 2.24) is 9.55 Å². The van der Waals surface area contributed by atoms with E-state index in [1.807, 2.05) is 11.1 Å². The van der Waals surface area contributed by atoms with Gasteiger partial charge in [-0.3, -0.25) is 5.41 Å². The number of halogens is 2. The Kier molecular flexibility index (Phi) is 3.21. The van der Waals surface area contributed by atoms with E-state index in [1.54, 1.807) is 18.3 Å². The standard InChI is InChI=1S/C13H13BrFN5/c14-11-8(13(16)17)1-2-9(12(11)15)20-6-5-19-4-3-18-10(19)7-20/h1-4H,5-7H2,(H3,16,17). The fourth-order valence-corrected chi connectivity index (χ4v) is 2.92. The Morgan fingerprint density at radius 1 is 1.40 bits per heavy atom. The second-order valence-corrected chi connectivity index (χ2v) is 5.43. The molecule has 3 N–H and O–H groups in total. The highest BCUT2D eigenvalue weighted by atomic mass is 79.9. The summed E-state index contributed by atoms with van der Waals surface area (Å²) in [5, 5.41) is 7.42. The van der Waals surface area contributed by atoms with E-state index >= 15 is 0 Å². The van der Waals surface area contributed by atoms with Crippen LogP contribution >= 0.6 is 15.9 Å². The lowest BCUT2D eigenvalue weighted by Crippen LogP contribution is -2.34. The van der Waals surface area contributed by atoms with Crippen LogP contribution in [-0.2, 0) is 13.1 Å². The number of aromatic nitrogens is 2. The van der Waals surface area contributed by atoms with Crippen molar-refractivity contribution in [2.75, 3.05) is 11.4 Å². The predicted molar refractivity (Wildman–Crippen MR) is 78.4 cm³/mol. The lowest BCUT2D eigenvalue weighted by Gasteiger charge is -2.30. The quantitative estimate of drug-likeness (QED) is 0.651. The Labute approximate surface area is 123 Å². The number of imidazole rings is 1. The fourth-order valence-electron chi connectivity index (χ4n) is 2.37. The maximum atomic E-state index is 14.4.